The Morgan fingerprint density at radius 2 is 1.81 bits per heavy atom. The van der Waals surface area contributed by atoms with Gasteiger partial charge in [-0.3, -0.25) is 14.4 Å². The van der Waals surface area contributed by atoms with Gasteiger partial charge in [-0.2, -0.15) is 0 Å². The van der Waals surface area contributed by atoms with Crippen molar-refractivity contribution in [2.75, 3.05) is 22.1 Å². The van der Waals surface area contributed by atoms with Crippen LogP contribution >= 0.6 is 11.6 Å². The number of carbonyl (C=O) groups excluding carboxylic acids is 3. The normalized spacial score (nSPS) is 12.5. The molecule has 7 heteroatoms. The third kappa shape index (κ3) is 3.70. The first-order valence-electron chi connectivity index (χ1n) is 8.14. The number of halogens is 1. The van der Waals surface area contributed by atoms with E-state index in [2.05, 4.69) is 10.6 Å². The molecule has 1 aliphatic heterocycles. The van der Waals surface area contributed by atoms with E-state index in [1.807, 2.05) is 0 Å². The van der Waals surface area contributed by atoms with E-state index in [0.717, 1.165) is 17.7 Å². The molecule has 0 saturated carbocycles. The molecule has 0 unspecified atom stereocenters. The second-order valence-corrected chi connectivity index (χ2v) is 6.50. The number of carbonyl (C=O) groups is 3. The Bertz CT molecular complexity index is 911. The fourth-order valence-electron chi connectivity index (χ4n) is 2.96. The van der Waals surface area contributed by atoms with Gasteiger partial charge in [-0.1, -0.05) is 11.6 Å². The van der Waals surface area contributed by atoms with E-state index in [9.17, 15) is 14.4 Å². The van der Waals surface area contributed by atoms with Crippen molar-refractivity contribution in [2.45, 2.75) is 20.3 Å². The molecule has 0 atom stereocenters. The van der Waals surface area contributed by atoms with Gasteiger partial charge in [-0.05, 0) is 48.4 Å². The summed E-state index contributed by atoms with van der Waals surface area (Å²) in [5, 5.41) is 5.74. The first-order chi connectivity index (χ1) is 12.3. The maximum Gasteiger partial charge on any atom is 0.255 e. The topological polar surface area (TPSA) is 78.5 Å². The van der Waals surface area contributed by atoms with Crippen molar-refractivity contribution in [2.24, 2.45) is 0 Å². The summed E-state index contributed by atoms with van der Waals surface area (Å²) in [7, 11) is 0. The molecule has 2 aromatic carbocycles. The van der Waals surface area contributed by atoms with E-state index in [4.69, 9.17) is 11.6 Å². The van der Waals surface area contributed by atoms with Crippen LogP contribution in [0.25, 0.3) is 0 Å². The van der Waals surface area contributed by atoms with Gasteiger partial charge in [0.1, 0.15) is 0 Å². The molecule has 0 fully saturated rings. The molecular formula is C19H18ClN3O3. The van der Waals surface area contributed by atoms with Crippen LogP contribution in [-0.4, -0.2) is 24.3 Å². The molecule has 0 saturated heterocycles. The summed E-state index contributed by atoms with van der Waals surface area (Å²) in [5.41, 5.74) is 3.36. The molecule has 134 valence electrons. The molecule has 2 N–H and O–H groups in total. The molecule has 0 spiro atoms. The van der Waals surface area contributed by atoms with Gasteiger partial charge in [-0.15, -0.1) is 0 Å². The van der Waals surface area contributed by atoms with Crippen molar-refractivity contribution >= 4 is 46.4 Å². The van der Waals surface area contributed by atoms with Crippen molar-refractivity contribution in [3.05, 3.63) is 52.5 Å². The lowest BCUT2D eigenvalue weighted by Crippen LogP contribution is -2.25. The maximum absolute atomic E-state index is 12.5. The fourth-order valence-corrected chi connectivity index (χ4v) is 3.19. The predicted octanol–water partition coefficient (Wildman–Crippen LogP) is 3.46. The monoisotopic (exact) mass is 371 g/mol. The number of rotatable bonds is 3. The molecule has 1 aliphatic rings. The van der Waals surface area contributed by atoms with Gasteiger partial charge in [0, 0.05) is 37.3 Å². The highest BCUT2D eigenvalue weighted by Crippen LogP contribution is 2.30. The second kappa shape index (κ2) is 7.17. The highest BCUT2D eigenvalue weighted by atomic mass is 35.5. The largest absolute Gasteiger partial charge is 0.325 e. The average molecular weight is 372 g/mol. The smallest absolute Gasteiger partial charge is 0.255 e. The summed E-state index contributed by atoms with van der Waals surface area (Å²) in [6.07, 6.45) is 0.729. The van der Waals surface area contributed by atoms with E-state index in [-0.39, 0.29) is 17.7 Å². The van der Waals surface area contributed by atoms with Crippen LogP contribution in [0.2, 0.25) is 5.02 Å². The van der Waals surface area contributed by atoms with Gasteiger partial charge in [-0.25, -0.2) is 0 Å². The van der Waals surface area contributed by atoms with E-state index < -0.39 is 0 Å². The zero-order valence-electron chi connectivity index (χ0n) is 14.4. The Morgan fingerprint density at radius 1 is 1.04 bits per heavy atom. The predicted molar refractivity (Wildman–Crippen MR) is 102 cm³/mol. The molecule has 3 rings (SSSR count). The van der Waals surface area contributed by atoms with Crippen LogP contribution in [0, 0.1) is 0 Å². The first kappa shape index (κ1) is 17.9. The minimum atomic E-state index is -0.266. The average Bonchev–Trinajstić information content (AvgIpc) is 3.00. The summed E-state index contributed by atoms with van der Waals surface area (Å²) >= 11 is 6.12. The van der Waals surface area contributed by atoms with Gasteiger partial charge in [0.15, 0.2) is 0 Å². The molecule has 2 aromatic rings. The van der Waals surface area contributed by atoms with E-state index in [0.29, 0.717) is 28.5 Å². The Kier molecular flexibility index (Phi) is 4.95. The molecule has 0 radical (unpaired) electrons. The number of benzene rings is 2. The Hall–Kier alpha value is -2.86. The minimum absolute atomic E-state index is 0.00477. The Labute approximate surface area is 156 Å². The number of hydrogen-bond donors (Lipinski definition) is 2. The SMILES string of the molecule is CC(=O)Nc1ccc(NC(=O)c2ccc3c(c2)CCN3C(C)=O)cc1Cl. The van der Waals surface area contributed by atoms with Crippen molar-refractivity contribution < 1.29 is 14.4 Å². The van der Waals surface area contributed by atoms with E-state index in [1.54, 1.807) is 41.3 Å². The number of nitrogens with zero attached hydrogens (tertiary/aromatic N) is 1. The molecular weight excluding hydrogens is 354 g/mol. The lowest BCUT2D eigenvalue weighted by molar-refractivity contribution is -0.116. The maximum atomic E-state index is 12.5. The quantitative estimate of drug-likeness (QED) is 0.867. The highest BCUT2D eigenvalue weighted by Gasteiger charge is 2.23. The van der Waals surface area contributed by atoms with Crippen LogP contribution in [0.1, 0.15) is 29.8 Å². The molecule has 0 aliphatic carbocycles. The van der Waals surface area contributed by atoms with Crippen LogP contribution in [-0.2, 0) is 16.0 Å². The highest BCUT2D eigenvalue weighted by molar-refractivity contribution is 6.34. The molecule has 0 bridgehead atoms. The lowest BCUT2D eigenvalue weighted by atomic mass is 10.1. The molecule has 0 aromatic heterocycles. The molecule has 6 nitrogen and oxygen atoms in total. The zero-order chi connectivity index (χ0) is 18.8. The standard InChI is InChI=1S/C19H18ClN3O3/c1-11(24)21-17-5-4-15(10-16(17)20)22-19(26)14-3-6-18-13(9-14)7-8-23(18)12(2)25/h3-6,9-10H,7-8H2,1-2H3,(H,21,24)(H,22,26). The third-order valence-electron chi connectivity index (χ3n) is 4.15. The summed E-state index contributed by atoms with van der Waals surface area (Å²) in [6.45, 7) is 3.56. The Morgan fingerprint density at radius 3 is 2.46 bits per heavy atom. The van der Waals surface area contributed by atoms with Gasteiger partial charge in [0.05, 0.1) is 10.7 Å². The summed E-state index contributed by atoms with van der Waals surface area (Å²) in [4.78, 5) is 36.9. The minimum Gasteiger partial charge on any atom is -0.325 e. The molecule has 3 amide bonds. The lowest BCUT2D eigenvalue weighted by Gasteiger charge is -2.15. The van der Waals surface area contributed by atoms with E-state index in [1.165, 1.54) is 13.8 Å². The van der Waals surface area contributed by atoms with Crippen LogP contribution in [0.5, 0.6) is 0 Å². The number of nitrogens with one attached hydrogen (secondary N) is 2. The van der Waals surface area contributed by atoms with Crippen LogP contribution in [0.3, 0.4) is 0 Å². The van der Waals surface area contributed by atoms with Gasteiger partial charge in [0.25, 0.3) is 5.91 Å². The van der Waals surface area contributed by atoms with Crippen molar-refractivity contribution in [3.8, 4) is 0 Å². The van der Waals surface area contributed by atoms with Crippen molar-refractivity contribution in [1.82, 2.24) is 0 Å². The summed E-state index contributed by atoms with van der Waals surface area (Å²) in [5.74, 6) is -0.492. The summed E-state index contributed by atoms with van der Waals surface area (Å²) < 4.78 is 0. The second-order valence-electron chi connectivity index (χ2n) is 6.09. The number of fused-ring (bicyclic) bond motifs is 1. The Balaban J connectivity index is 1.76. The van der Waals surface area contributed by atoms with E-state index >= 15 is 0 Å². The molecule has 1 heterocycles. The first-order valence-corrected chi connectivity index (χ1v) is 8.52. The van der Waals surface area contributed by atoms with Gasteiger partial charge >= 0.3 is 0 Å². The number of hydrogen-bond acceptors (Lipinski definition) is 3. The fraction of sp³-hybridized carbons (Fsp3) is 0.211. The van der Waals surface area contributed by atoms with Crippen LogP contribution in [0.4, 0.5) is 17.1 Å². The zero-order valence-corrected chi connectivity index (χ0v) is 15.2. The van der Waals surface area contributed by atoms with Crippen molar-refractivity contribution in [3.63, 3.8) is 0 Å². The third-order valence-corrected chi connectivity index (χ3v) is 4.47. The van der Waals surface area contributed by atoms with Crippen molar-refractivity contribution in [1.29, 1.82) is 0 Å². The summed E-state index contributed by atoms with van der Waals surface area (Å²) in [6, 6.07) is 10.2. The van der Waals surface area contributed by atoms with Crippen LogP contribution < -0.4 is 15.5 Å². The number of anilines is 3. The molecule has 26 heavy (non-hydrogen) atoms. The van der Waals surface area contributed by atoms with Crippen LogP contribution in [0.15, 0.2) is 36.4 Å². The van der Waals surface area contributed by atoms with Gasteiger partial charge < -0.3 is 15.5 Å². The van der Waals surface area contributed by atoms with Gasteiger partial charge in [0.2, 0.25) is 11.8 Å². The number of amides is 3.